The Morgan fingerprint density at radius 1 is 1.48 bits per heavy atom. The van der Waals surface area contributed by atoms with E-state index >= 15 is 0 Å². The molecule has 6 nitrogen and oxygen atoms in total. The van der Waals surface area contributed by atoms with Gasteiger partial charge < -0.3 is 10.3 Å². The Hall–Kier alpha value is -0.990. The molecule has 0 bridgehead atoms. The second-order valence-electron chi connectivity index (χ2n) is 5.74. The van der Waals surface area contributed by atoms with Gasteiger partial charge >= 0.3 is 0 Å². The van der Waals surface area contributed by atoms with Crippen LogP contribution in [-0.4, -0.2) is 40.4 Å². The lowest BCUT2D eigenvalue weighted by atomic mass is 9.81. The number of hydrogen-bond acceptors (Lipinski definition) is 4. The van der Waals surface area contributed by atoms with Crippen molar-refractivity contribution < 1.29 is 8.42 Å². The van der Waals surface area contributed by atoms with Crippen LogP contribution in [0.3, 0.4) is 0 Å². The SMILES string of the molecule is CCn1cc(S(=O)(=O)N2CCC(C)(C(N)=S)CC2)nc1C. The second-order valence-corrected chi connectivity index (χ2v) is 8.07. The summed E-state index contributed by atoms with van der Waals surface area (Å²) in [4.78, 5) is 4.65. The number of nitrogens with zero attached hydrogens (tertiary/aromatic N) is 3. The van der Waals surface area contributed by atoms with E-state index in [1.165, 1.54) is 4.31 Å². The van der Waals surface area contributed by atoms with Crippen molar-refractivity contribution in [2.45, 2.75) is 45.2 Å². The molecule has 0 aromatic carbocycles. The van der Waals surface area contributed by atoms with E-state index in [9.17, 15) is 8.42 Å². The van der Waals surface area contributed by atoms with Gasteiger partial charge in [-0.25, -0.2) is 13.4 Å². The first-order valence-corrected chi connectivity index (χ1v) is 8.89. The molecule has 1 aromatic heterocycles. The monoisotopic (exact) mass is 330 g/mol. The Bertz CT molecular complexity index is 643. The molecule has 2 rings (SSSR count). The molecule has 118 valence electrons. The van der Waals surface area contributed by atoms with E-state index in [4.69, 9.17) is 18.0 Å². The largest absolute Gasteiger partial charge is 0.393 e. The molecule has 21 heavy (non-hydrogen) atoms. The average molecular weight is 330 g/mol. The van der Waals surface area contributed by atoms with Gasteiger partial charge in [0.05, 0.1) is 4.99 Å². The molecule has 0 amide bonds. The first kappa shape index (κ1) is 16.4. The Balaban J connectivity index is 2.20. The topological polar surface area (TPSA) is 81.2 Å². The summed E-state index contributed by atoms with van der Waals surface area (Å²) in [5.74, 6) is 0.709. The third-order valence-electron chi connectivity index (χ3n) is 4.32. The van der Waals surface area contributed by atoms with Gasteiger partial charge in [-0.05, 0) is 26.7 Å². The Morgan fingerprint density at radius 3 is 2.48 bits per heavy atom. The van der Waals surface area contributed by atoms with Crippen molar-refractivity contribution in [1.29, 1.82) is 0 Å². The van der Waals surface area contributed by atoms with Gasteiger partial charge in [0, 0.05) is 31.2 Å². The fourth-order valence-electron chi connectivity index (χ4n) is 2.52. The number of hydrogen-bond donors (Lipinski definition) is 1. The molecular formula is C13H22N4O2S2. The maximum atomic E-state index is 12.6. The van der Waals surface area contributed by atoms with Gasteiger partial charge in [-0.15, -0.1) is 0 Å². The lowest BCUT2D eigenvalue weighted by molar-refractivity contribution is 0.243. The van der Waals surface area contributed by atoms with E-state index in [1.807, 2.05) is 25.3 Å². The van der Waals surface area contributed by atoms with E-state index in [-0.39, 0.29) is 10.4 Å². The summed E-state index contributed by atoms with van der Waals surface area (Å²) < 4.78 is 28.6. The van der Waals surface area contributed by atoms with Crippen LogP contribution in [0.15, 0.2) is 11.2 Å². The summed E-state index contributed by atoms with van der Waals surface area (Å²) in [6, 6.07) is 0. The number of thiocarbonyl (C=S) groups is 1. The summed E-state index contributed by atoms with van der Waals surface area (Å²) in [6.07, 6.45) is 2.90. The Labute approximate surface area is 131 Å². The number of aromatic nitrogens is 2. The zero-order valence-electron chi connectivity index (χ0n) is 12.7. The highest BCUT2D eigenvalue weighted by atomic mass is 32.2. The fourth-order valence-corrected chi connectivity index (χ4v) is 4.16. The first-order valence-electron chi connectivity index (χ1n) is 7.04. The molecule has 2 N–H and O–H groups in total. The van der Waals surface area contributed by atoms with Crippen LogP contribution < -0.4 is 5.73 Å². The van der Waals surface area contributed by atoms with Crippen LogP contribution in [0, 0.1) is 12.3 Å². The van der Waals surface area contributed by atoms with Crippen molar-refractivity contribution in [2.75, 3.05) is 13.1 Å². The lowest BCUT2D eigenvalue weighted by Crippen LogP contribution is -2.46. The quantitative estimate of drug-likeness (QED) is 0.841. The summed E-state index contributed by atoms with van der Waals surface area (Å²) in [5, 5.41) is 0.126. The zero-order valence-corrected chi connectivity index (χ0v) is 14.3. The highest BCUT2D eigenvalue weighted by Crippen LogP contribution is 2.33. The van der Waals surface area contributed by atoms with Crippen LogP contribution in [-0.2, 0) is 16.6 Å². The van der Waals surface area contributed by atoms with Crippen molar-refractivity contribution in [3.8, 4) is 0 Å². The Morgan fingerprint density at radius 2 is 2.05 bits per heavy atom. The number of nitrogens with two attached hydrogens (primary N) is 1. The van der Waals surface area contributed by atoms with Crippen LogP contribution >= 0.6 is 12.2 Å². The minimum Gasteiger partial charge on any atom is -0.393 e. The molecule has 0 aliphatic carbocycles. The van der Waals surface area contributed by atoms with Crippen molar-refractivity contribution in [2.24, 2.45) is 11.1 Å². The van der Waals surface area contributed by atoms with Crippen LogP contribution in [0.4, 0.5) is 0 Å². The normalized spacial score (nSPS) is 19.6. The third-order valence-corrected chi connectivity index (χ3v) is 6.58. The molecule has 1 aliphatic rings. The van der Waals surface area contributed by atoms with Crippen molar-refractivity contribution in [3.63, 3.8) is 0 Å². The molecule has 2 heterocycles. The van der Waals surface area contributed by atoms with E-state index in [1.54, 1.807) is 6.20 Å². The van der Waals surface area contributed by atoms with Crippen molar-refractivity contribution >= 4 is 27.2 Å². The van der Waals surface area contributed by atoms with Gasteiger partial charge in [0.1, 0.15) is 5.82 Å². The molecule has 0 saturated carbocycles. The summed E-state index contributed by atoms with van der Waals surface area (Å²) in [5.41, 5.74) is 5.51. The molecule has 0 radical (unpaired) electrons. The summed E-state index contributed by atoms with van der Waals surface area (Å²) in [6.45, 7) is 7.31. The van der Waals surface area contributed by atoms with E-state index in [0.717, 1.165) is 0 Å². The van der Waals surface area contributed by atoms with Gasteiger partial charge in [-0.3, -0.25) is 0 Å². The van der Waals surface area contributed by atoms with Crippen molar-refractivity contribution in [3.05, 3.63) is 12.0 Å². The molecule has 8 heteroatoms. The standard InChI is InChI=1S/C13H22N4O2S2/c1-4-16-9-11(15-10(16)2)21(18,19)17-7-5-13(3,6-8-17)12(14)20/h9H,4-8H2,1-3H3,(H2,14,20). The maximum Gasteiger partial charge on any atom is 0.262 e. The predicted molar refractivity (Wildman–Crippen MR) is 85.5 cm³/mol. The van der Waals surface area contributed by atoms with Crippen LogP contribution in [0.2, 0.25) is 0 Å². The molecule has 1 aromatic rings. The van der Waals surface area contributed by atoms with Gasteiger partial charge in [0.15, 0.2) is 5.03 Å². The zero-order chi connectivity index (χ0) is 15.8. The van der Waals surface area contributed by atoms with Gasteiger partial charge in [-0.2, -0.15) is 4.31 Å². The summed E-state index contributed by atoms with van der Waals surface area (Å²) >= 11 is 5.08. The van der Waals surface area contributed by atoms with Crippen LogP contribution in [0.25, 0.3) is 0 Å². The van der Waals surface area contributed by atoms with Crippen LogP contribution in [0.1, 0.15) is 32.5 Å². The molecule has 0 unspecified atom stereocenters. The number of imidazole rings is 1. The summed E-state index contributed by atoms with van der Waals surface area (Å²) in [7, 11) is -3.53. The lowest BCUT2D eigenvalue weighted by Gasteiger charge is -2.37. The maximum absolute atomic E-state index is 12.6. The molecule has 0 atom stereocenters. The fraction of sp³-hybridized carbons (Fsp3) is 0.692. The first-order chi connectivity index (χ1) is 9.70. The van der Waals surface area contributed by atoms with E-state index < -0.39 is 10.0 Å². The number of aryl methyl sites for hydroxylation is 2. The van der Waals surface area contributed by atoms with E-state index in [0.29, 0.717) is 43.3 Å². The van der Waals surface area contributed by atoms with Crippen LogP contribution in [0.5, 0.6) is 0 Å². The van der Waals surface area contributed by atoms with Gasteiger partial charge in [0.2, 0.25) is 0 Å². The minimum atomic E-state index is -3.53. The van der Waals surface area contributed by atoms with E-state index in [2.05, 4.69) is 4.98 Å². The molecular weight excluding hydrogens is 308 g/mol. The predicted octanol–water partition coefficient (Wildman–Crippen LogP) is 1.29. The smallest absolute Gasteiger partial charge is 0.262 e. The highest BCUT2D eigenvalue weighted by molar-refractivity contribution is 7.89. The van der Waals surface area contributed by atoms with Gasteiger partial charge in [-0.1, -0.05) is 19.1 Å². The Kier molecular flexibility index (Phi) is 4.41. The second kappa shape index (κ2) is 5.66. The number of rotatable bonds is 4. The molecule has 1 saturated heterocycles. The minimum absolute atomic E-state index is 0.126. The third kappa shape index (κ3) is 2.97. The highest BCUT2D eigenvalue weighted by Gasteiger charge is 2.38. The average Bonchev–Trinajstić information content (AvgIpc) is 2.81. The van der Waals surface area contributed by atoms with Crippen molar-refractivity contribution in [1.82, 2.24) is 13.9 Å². The number of sulfonamides is 1. The molecule has 0 spiro atoms. The molecule has 1 fully saturated rings. The number of piperidine rings is 1. The molecule has 1 aliphatic heterocycles. The van der Waals surface area contributed by atoms with Gasteiger partial charge in [0.25, 0.3) is 10.0 Å².